The van der Waals surface area contributed by atoms with Crippen LogP contribution in [0.15, 0.2) is 18.6 Å². The topological polar surface area (TPSA) is 87.9 Å². The van der Waals surface area contributed by atoms with Crippen LogP contribution in [0.1, 0.15) is 5.69 Å². The van der Waals surface area contributed by atoms with Crippen LogP contribution in [0.5, 0.6) is 0 Å². The van der Waals surface area contributed by atoms with Gasteiger partial charge in [0.2, 0.25) is 0 Å². The van der Waals surface area contributed by atoms with Crippen molar-refractivity contribution in [3.8, 4) is 0 Å². The Bertz CT molecular complexity index is 315. The number of rotatable bonds is 12. The van der Waals surface area contributed by atoms with Crippen LogP contribution in [0.4, 0.5) is 0 Å². The predicted octanol–water partition coefficient (Wildman–Crippen LogP) is -0.704. The minimum absolute atomic E-state index is 0.0333. The van der Waals surface area contributed by atoms with Crippen LogP contribution in [0, 0.1) is 0 Å². The second-order valence-electron chi connectivity index (χ2n) is 4.15. The van der Waals surface area contributed by atoms with Crippen LogP contribution >= 0.6 is 0 Å². The Morgan fingerprint density at radius 3 is 2.15 bits per heavy atom. The molecule has 0 fully saturated rings. The molecule has 114 valence electrons. The van der Waals surface area contributed by atoms with Gasteiger partial charge in [-0.15, -0.1) is 0 Å². The van der Waals surface area contributed by atoms with Gasteiger partial charge in [0.05, 0.1) is 45.3 Å². The van der Waals surface area contributed by atoms with E-state index in [2.05, 4.69) is 14.9 Å². The monoisotopic (exact) mass is 285 g/mol. The number of aliphatic hydroxyl groups is 2. The smallest absolute Gasteiger partial charge is 0.115 e. The number of nitrogens with zero attached hydrogens (tertiary/aromatic N) is 3. The van der Waals surface area contributed by atoms with Crippen LogP contribution < -0.4 is 0 Å². The second-order valence-corrected chi connectivity index (χ2v) is 4.15. The molecule has 0 radical (unpaired) electrons. The molecule has 0 aliphatic heterocycles. The highest BCUT2D eigenvalue weighted by atomic mass is 16.5. The maximum atomic E-state index is 8.67. The minimum atomic E-state index is 0.0333. The highest BCUT2D eigenvalue weighted by Crippen LogP contribution is 2.00. The van der Waals surface area contributed by atoms with Crippen molar-refractivity contribution in [2.24, 2.45) is 0 Å². The van der Waals surface area contributed by atoms with Gasteiger partial charge in [-0.3, -0.25) is 4.90 Å². The van der Waals surface area contributed by atoms with Crippen molar-refractivity contribution in [2.45, 2.75) is 6.54 Å². The van der Waals surface area contributed by atoms with Gasteiger partial charge in [0, 0.05) is 25.8 Å². The van der Waals surface area contributed by atoms with Gasteiger partial charge < -0.3 is 19.7 Å². The molecule has 1 heterocycles. The van der Waals surface area contributed by atoms with Crippen molar-refractivity contribution >= 4 is 0 Å². The second kappa shape index (κ2) is 11.7. The fourth-order valence-corrected chi connectivity index (χ4v) is 1.63. The molecule has 0 aliphatic carbocycles. The van der Waals surface area contributed by atoms with Crippen molar-refractivity contribution in [1.29, 1.82) is 0 Å². The zero-order valence-corrected chi connectivity index (χ0v) is 11.6. The first-order valence-corrected chi connectivity index (χ1v) is 6.71. The van der Waals surface area contributed by atoms with Crippen molar-refractivity contribution in [3.05, 3.63) is 24.3 Å². The Kier molecular flexibility index (Phi) is 9.89. The van der Waals surface area contributed by atoms with Gasteiger partial charge in [0.15, 0.2) is 0 Å². The average molecular weight is 285 g/mol. The normalized spacial score (nSPS) is 11.2. The molecule has 0 unspecified atom stereocenters. The zero-order chi connectivity index (χ0) is 14.5. The first kappa shape index (κ1) is 16.9. The van der Waals surface area contributed by atoms with Crippen LogP contribution in [-0.2, 0) is 16.0 Å². The van der Waals surface area contributed by atoms with Gasteiger partial charge in [-0.2, -0.15) is 0 Å². The van der Waals surface area contributed by atoms with Crippen molar-refractivity contribution in [1.82, 2.24) is 14.9 Å². The molecule has 0 saturated heterocycles. The lowest BCUT2D eigenvalue weighted by Gasteiger charge is -2.21. The lowest BCUT2D eigenvalue weighted by atomic mass is 10.3. The molecule has 0 aliphatic rings. The number of hydrogen-bond donors (Lipinski definition) is 2. The largest absolute Gasteiger partial charge is 0.394 e. The summed E-state index contributed by atoms with van der Waals surface area (Å²) in [4.78, 5) is 10.2. The maximum absolute atomic E-state index is 8.67. The molecule has 2 N–H and O–H groups in total. The zero-order valence-electron chi connectivity index (χ0n) is 11.6. The molecule has 0 aromatic carbocycles. The summed E-state index contributed by atoms with van der Waals surface area (Å²) in [5, 5.41) is 17.3. The lowest BCUT2D eigenvalue weighted by molar-refractivity contribution is 0.0483. The Balaban J connectivity index is 2.33. The number of aliphatic hydroxyl groups excluding tert-OH is 2. The fraction of sp³-hybridized carbons (Fsp3) is 0.692. The third-order valence-electron chi connectivity index (χ3n) is 2.60. The summed E-state index contributed by atoms with van der Waals surface area (Å²) >= 11 is 0. The molecule has 0 atom stereocenters. The van der Waals surface area contributed by atoms with Crippen molar-refractivity contribution in [3.63, 3.8) is 0 Å². The van der Waals surface area contributed by atoms with Crippen LogP contribution in [0.3, 0.4) is 0 Å². The first-order chi connectivity index (χ1) is 9.86. The summed E-state index contributed by atoms with van der Waals surface area (Å²) in [6.07, 6.45) is 3.24. The van der Waals surface area contributed by atoms with E-state index in [1.54, 1.807) is 6.20 Å². The summed E-state index contributed by atoms with van der Waals surface area (Å²) in [5.41, 5.74) is 0.935. The van der Waals surface area contributed by atoms with E-state index in [1.165, 1.54) is 6.33 Å². The first-order valence-electron chi connectivity index (χ1n) is 6.71. The van der Waals surface area contributed by atoms with Gasteiger partial charge in [-0.25, -0.2) is 9.97 Å². The van der Waals surface area contributed by atoms with Gasteiger partial charge >= 0.3 is 0 Å². The summed E-state index contributed by atoms with van der Waals surface area (Å²) < 4.78 is 10.5. The number of aromatic nitrogens is 2. The molecule has 0 spiro atoms. The molecule has 7 nitrogen and oxygen atoms in total. The van der Waals surface area contributed by atoms with E-state index < -0.39 is 0 Å². The van der Waals surface area contributed by atoms with E-state index >= 15 is 0 Å². The van der Waals surface area contributed by atoms with Gasteiger partial charge in [-0.1, -0.05) is 0 Å². The average Bonchev–Trinajstić information content (AvgIpc) is 2.49. The molecule has 1 rings (SSSR count). The van der Waals surface area contributed by atoms with E-state index in [4.69, 9.17) is 19.7 Å². The lowest BCUT2D eigenvalue weighted by Crippen LogP contribution is -2.31. The van der Waals surface area contributed by atoms with Crippen LogP contribution in [-0.4, -0.2) is 77.8 Å². The standard InChI is InChI=1S/C13H23N3O4/c17-5-9-19-7-3-16(4-8-20-10-6-18)11-13-1-2-14-12-15-13/h1-2,12,17-18H,3-11H2. The maximum Gasteiger partial charge on any atom is 0.115 e. The summed E-state index contributed by atoms with van der Waals surface area (Å²) in [6.45, 7) is 4.01. The molecule has 20 heavy (non-hydrogen) atoms. The van der Waals surface area contributed by atoms with E-state index in [0.29, 0.717) is 33.0 Å². The molecule has 0 amide bonds. The molecule has 1 aromatic rings. The van der Waals surface area contributed by atoms with E-state index in [0.717, 1.165) is 18.8 Å². The molecular formula is C13H23N3O4. The van der Waals surface area contributed by atoms with E-state index in [9.17, 15) is 0 Å². The molecule has 0 bridgehead atoms. The molecule has 7 heteroatoms. The van der Waals surface area contributed by atoms with Gasteiger partial charge in [0.1, 0.15) is 6.33 Å². The quantitative estimate of drug-likeness (QED) is 0.491. The van der Waals surface area contributed by atoms with Gasteiger partial charge in [0.25, 0.3) is 0 Å². The fourth-order valence-electron chi connectivity index (χ4n) is 1.63. The van der Waals surface area contributed by atoms with E-state index in [-0.39, 0.29) is 13.2 Å². The van der Waals surface area contributed by atoms with Crippen LogP contribution in [0.25, 0.3) is 0 Å². The Labute approximate surface area is 119 Å². The summed E-state index contributed by atoms with van der Waals surface area (Å²) in [6, 6.07) is 1.87. The van der Waals surface area contributed by atoms with Crippen molar-refractivity contribution in [2.75, 3.05) is 52.7 Å². The Morgan fingerprint density at radius 2 is 1.65 bits per heavy atom. The Morgan fingerprint density at radius 1 is 1.00 bits per heavy atom. The van der Waals surface area contributed by atoms with Crippen LogP contribution in [0.2, 0.25) is 0 Å². The molecular weight excluding hydrogens is 262 g/mol. The third kappa shape index (κ3) is 8.13. The summed E-state index contributed by atoms with van der Waals surface area (Å²) in [5.74, 6) is 0. The van der Waals surface area contributed by atoms with Gasteiger partial charge in [-0.05, 0) is 6.07 Å². The number of ether oxygens (including phenoxy) is 2. The predicted molar refractivity (Wildman–Crippen MR) is 73.1 cm³/mol. The third-order valence-corrected chi connectivity index (χ3v) is 2.60. The Hall–Kier alpha value is -1.12. The SMILES string of the molecule is OCCOCCN(CCOCCO)Cc1ccncn1. The molecule has 1 aromatic heterocycles. The highest BCUT2D eigenvalue weighted by Gasteiger charge is 2.07. The van der Waals surface area contributed by atoms with E-state index in [1.807, 2.05) is 6.07 Å². The number of hydrogen-bond acceptors (Lipinski definition) is 7. The highest BCUT2D eigenvalue weighted by molar-refractivity contribution is 4.97. The van der Waals surface area contributed by atoms with Crippen molar-refractivity contribution < 1.29 is 19.7 Å². The minimum Gasteiger partial charge on any atom is -0.394 e. The summed E-state index contributed by atoms with van der Waals surface area (Å²) in [7, 11) is 0. The molecule has 0 saturated carbocycles.